The van der Waals surface area contributed by atoms with Crippen molar-refractivity contribution in [3.63, 3.8) is 0 Å². The molecule has 1 atom stereocenters. The fraction of sp³-hybridized carbons (Fsp3) is 0.333. The van der Waals surface area contributed by atoms with Crippen molar-refractivity contribution in [3.05, 3.63) is 63.8 Å². The molecular formula is C24H22ClF3N4O2. The summed E-state index contributed by atoms with van der Waals surface area (Å²) in [6.07, 6.45) is -0.666. The van der Waals surface area contributed by atoms with E-state index < -0.39 is 22.8 Å². The maximum absolute atomic E-state index is 13.1. The van der Waals surface area contributed by atoms with E-state index in [4.69, 9.17) is 11.6 Å². The Kier molecular flexibility index (Phi) is 5.67. The van der Waals surface area contributed by atoms with Gasteiger partial charge in [0.15, 0.2) is 0 Å². The van der Waals surface area contributed by atoms with Gasteiger partial charge in [-0.15, -0.1) is 0 Å². The Morgan fingerprint density at radius 1 is 1.00 bits per heavy atom. The molecule has 1 unspecified atom stereocenters. The van der Waals surface area contributed by atoms with Crippen LogP contribution in [-0.4, -0.2) is 29.0 Å². The monoisotopic (exact) mass is 490 g/mol. The molecule has 1 saturated carbocycles. The van der Waals surface area contributed by atoms with Crippen LogP contribution < -0.4 is 16.0 Å². The lowest BCUT2D eigenvalue weighted by Crippen LogP contribution is -2.41. The molecule has 3 aromatic rings. The number of halogens is 4. The van der Waals surface area contributed by atoms with Gasteiger partial charge in [0.2, 0.25) is 0 Å². The highest BCUT2D eigenvalue weighted by Crippen LogP contribution is 2.36. The van der Waals surface area contributed by atoms with E-state index in [0.29, 0.717) is 24.8 Å². The summed E-state index contributed by atoms with van der Waals surface area (Å²) < 4.78 is 39.2. The summed E-state index contributed by atoms with van der Waals surface area (Å²) in [6, 6.07) is 8.28. The number of carbonyl (C=O) groups excluding carboxylic acids is 2. The number of rotatable bonds is 4. The lowest BCUT2D eigenvalue weighted by Gasteiger charge is -2.24. The van der Waals surface area contributed by atoms with Gasteiger partial charge in [0, 0.05) is 39.9 Å². The molecule has 0 spiro atoms. The van der Waals surface area contributed by atoms with E-state index in [9.17, 15) is 22.8 Å². The maximum Gasteiger partial charge on any atom is 0.417 e. The Bertz CT molecular complexity index is 1280. The second-order valence-corrected chi connectivity index (χ2v) is 9.23. The van der Waals surface area contributed by atoms with Gasteiger partial charge in [-0.25, -0.2) is 4.79 Å². The van der Waals surface area contributed by atoms with Crippen molar-refractivity contribution in [2.24, 2.45) is 0 Å². The number of aromatic amines is 1. The first-order valence-corrected chi connectivity index (χ1v) is 11.4. The summed E-state index contributed by atoms with van der Waals surface area (Å²) in [7, 11) is 0. The van der Waals surface area contributed by atoms with Crippen LogP contribution in [-0.2, 0) is 19.0 Å². The zero-order valence-electron chi connectivity index (χ0n) is 18.0. The van der Waals surface area contributed by atoms with Crippen LogP contribution in [0.1, 0.15) is 46.4 Å². The fourth-order valence-electron chi connectivity index (χ4n) is 4.35. The summed E-state index contributed by atoms with van der Waals surface area (Å²) in [5, 5.41) is 8.82. The summed E-state index contributed by atoms with van der Waals surface area (Å²) in [5.74, 6) is -0.0922. The predicted molar refractivity (Wildman–Crippen MR) is 123 cm³/mol. The minimum atomic E-state index is -4.62. The third-order valence-corrected chi connectivity index (χ3v) is 6.56. The van der Waals surface area contributed by atoms with Gasteiger partial charge in [-0.3, -0.25) is 4.79 Å². The molecule has 34 heavy (non-hydrogen) atoms. The number of aromatic nitrogens is 1. The van der Waals surface area contributed by atoms with Crippen molar-refractivity contribution >= 4 is 40.1 Å². The molecule has 2 aliphatic rings. The number of anilines is 1. The Morgan fingerprint density at radius 3 is 2.53 bits per heavy atom. The molecule has 2 aliphatic carbocycles. The van der Waals surface area contributed by atoms with Gasteiger partial charge in [-0.05, 0) is 74.1 Å². The lowest BCUT2D eigenvalue weighted by molar-refractivity contribution is -0.137. The molecule has 0 bridgehead atoms. The van der Waals surface area contributed by atoms with Crippen LogP contribution in [0.5, 0.6) is 0 Å². The Morgan fingerprint density at radius 2 is 1.79 bits per heavy atom. The van der Waals surface area contributed by atoms with E-state index in [0.717, 1.165) is 47.1 Å². The first-order valence-electron chi connectivity index (χ1n) is 11.1. The predicted octanol–water partition coefficient (Wildman–Crippen LogP) is 5.41. The first-order chi connectivity index (χ1) is 16.2. The highest BCUT2D eigenvalue weighted by Gasteiger charge is 2.33. The fourth-order valence-corrected chi connectivity index (χ4v) is 4.58. The van der Waals surface area contributed by atoms with Crippen molar-refractivity contribution in [2.45, 2.75) is 50.4 Å². The van der Waals surface area contributed by atoms with Crippen LogP contribution in [0.2, 0.25) is 5.02 Å². The van der Waals surface area contributed by atoms with Crippen molar-refractivity contribution in [3.8, 4) is 0 Å². The lowest BCUT2D eigenvalue weighted by atomic mass is 9.91. The van der Waals surface area contributed by atoms with Gasteiger partial charge >= 0.3 is 12.2 Å². The number of amides is 3. The molecule has 4 N–H and O–H groups in total. The molecule has 10 heteroatoms. The molecule has 1 fully saturated rings. The Hall–Kier alpha value is -3.20. The van der Waals surface area contributed by atoms with Crippen LogP contribution in [0.3, 0.4) is 0 Å². The van der Waals surface area contributed by atoms with Crippen molar-refractivity contribution < 1.29 is 22.8 Å². The number of urea groups is 1. The van der Waals surface area contributed by atoms with Crippen LogP contribution in [0.4, 0.5) is 23.7 Å². The smallest absolute Gasteiger partial charge is 0.358 e. The van der Waals surface area contributed by atoms with E-state index in [2.05, 4.69) is 20.9 Å². The average molecular weight is 491 g/mol. The minimum absolute atomic E-state index is 0.00383. The molecule has 0 saturated heterocycles. The first kappa shape index (κ1) is 22.6. The van der Waals surface area contributed by atoms with E-state index in [1.807, 2.05) is 12.1 Å². The highest BCUT2D eigenvalue weighted by atomic mass is 35.5. The number of aryl methyl sites for hydroxylation is 1. The molecule has 178 valence electrons. The van der Waals surface area contributed by atoms with Gasteiger partial charge in [-0.2, -0.15) is 13.2 Å². The second kappa shape index (κ2) is 8.54. The van der Waals surface area contributed by atoms with Crippen LogP contribution in [0, 0.1) is 0 Å². The number of benzene rings is 2. The van der Waals surface area contributed by atoms with Crippen LogP contribution >= 0.6 is 11.6 Å². The van der Waals surface area contributed by atoms with E-state index in [1.165, 1.54) is 6.07 Å². The van der Waals surface area contributed by atoms with Crippen molar-refractivity contribution in [1.82, 2.24) is 15.6 Å². The zero-order valence-corrected chi connectivity index (χ0v) is 18.7. The molecular weight excluding hydrogens is 469 g/mol. The maximum atomic E-state index is 13.1. The van der Waals surface area contributed by atoms with Crippen LogP contribution in [0.15, 0.2) is 36.4 Å². The summed E-state index contributed by atoms with van der Waals surface area (Å²) >= 11 is 5.64. The van der Waals surface area contributed by atoms with E-state index >= 15 is 0 Å². The number of nitrogens with one attached hydrogen (secondary N) is 4. The number of hydrogen-bond donors (Lipinski definition) is 4. The molecule has 5 rings (SSSR count). The Labute approximate surface area is 198 Å². The SMILES string of the molecule is O=C(Nc1ccc(Cl)c(C(F)(F)F)c1)NC1CCc2[nH]c3ccc(C(=O)NC4CC4)cc3c2C1. The quantitative estimate of drug-likeness (QED) is 0.394. The van der Waals surface area contributed by atoms with Gasteiger partial charge in [0.25, 0.3) is 5.91 Å². The average Bonchev–Trinajstić information content (AvgIpc) is 3.52. The van der Waals surface area contributed by atoms with Crippen molar-refractivity contribution in [2.75, 3.05) is 5.32 Å². The molecule has 1 aromatic heterocycles. The molecule has 6 nitrogen and oxygen atoms in total. The largest absolute Gasteiger partial charge is 0.417 e. The van der Waals surface area contributed by atoms with Crippen molar-refractivity contribution in [1.29, 1.82) is 0 Å². The normalized spacial score (nSPS) is 17.8. The molecule has 2 aromatic carbocycles. The summed E-state index contributed by atoms with van der Waals surface area (Å²) in [6.45, 7) is 0. The second-order valence-electron chi connectivity index (χ2n) is 8.82. The third-order valence-electron chi connectivity index (χ3n) is 6.23. The third kappa shape index (κ3) is 4.70. The standard InChI is InChI=1S/C24H22ClF3N4O2/c25-19-6-4-15(11-18(19)24(26,27)28)31-23(34)30-14-5-8-21-17(10-14)16-9-12(1-7-20(16)32-21)22(33)29-13-2-3-13/h1,4,6-7,9,11,13-14,32H,2-3,5,8,10H2,(H,29,33)(H2,30,31,34). The number of fused-ring (bicyclic) bond motifs is 3. The molecule has 1 heterocycles. The van der Waals surface area contributed by atoms with Gasteiger partial charge < -0.3 is 20.9 Å². The van der Waals surface area contributed by atoms with Gasteiger partial charge in [0.05, 0.1) is 10.6 Å². The summed E-state index contributed by atoms with van der Waals surface area (Å²) in [5.41, 5.74) is 2.63. The summed E-state index contributed by atoms with van der Waals surface area (Å²) in [4.78, 5) is 28.3. The van der Waals surface area contributed by atoms with Crippen LogP contribution in [0.25, 0.3) is 10.9 Å². The van der Waals surface area contributed by atoms with Gasteiger partial charge in [0.1, 0.15) is 0 Å². The topological polar surface area (TPSA) is 86.0 Å². The molecule has 3 amide bonds. The van der Waals surface area contributed by atoms with Gasteiger partial charge in [-0.1, -0.05) is 11.6 Å². The minimum Gasteiger partial charge on any atom is -0.358 e. The zero-order chi connectivity index (χ0) is 24.0. The Balaban J connectivity index is 1.28. The highest BCUT2D eigenvalue weighted by molar-refractivity contribution is 6.31. The van der Waals surface area contributed by atoms with E-state index in [1.54, 1.807) is 6.07 Å². The number of H-pyrrole nitrogens is 1. The molecule has 0 aliphatic heterocycles. The number of hydrogen-bond acceptors (Lipinski definition) is 2. The van der Waals surface area contributed by atoms with E-state index in [-0.39, 0.29) is 23.7 Å². The number of carbonyl (C=O) groups is 2. The number of alkyl halides is 3. The molecule has 0 radical (unpaired) electrons.